The van der Waals surface area contributed by atoms with Gasteiger partial charge in [0.1, 0.15) is 18.0 Å². The smallest absolute Gasteiger partial charge is 0.361 e. The molecular weight excluding hydrogens is 433 g/mol. The van der Waals surface area contributed by atoms with E-state index < -0.39 is 19.8 Å². The number of fused-ring (bicyclic) bond motifs is 1. The molecule has 2 heterocycles. The van der Waals surface area contributed by atoms with E-state index >= 15 is 0 Å². The first-order valence-electron chi connectivity index (χ1n) is 9.21. The minimum atomic E-state index is -4.66. The average Bonchev–Trinajstić information content (AvgIpc) is 3.01. The molecule has 0 bridgehead atoms. The third-order valence-electron chi connectivity index (χ3n) is 4.56. The van der Waals surface area contributed by atoms with Gasteiger partial charge in [0, 0.05) is 26.3 Å². The number of ether oxygens (including phenoxy) is 1. The van der Waals surface area contributed by atoms with Gasteiger partial charge >= 0.3 is 6.18 Å². The van der Waals surface area contributed by atoms with E-state index in [0.29, 0.717) is 29.3 Å². The zero-order chi connectivity index (χ0) is 22.1. The highest BCUT2D eigenvalue weighted by Gasteiger charge is 2.36. The molecule has 0 amide bonds. The number of nitrogens with zero attached hydrogens (tertiary/aromatic N) is 4. The molecule has 0 aliphatic carbocycles. The molecule has 0 saturated carbocycles. The van der Waals surface area contributed by atoms with E-state index in [0.717, 1.165) is 6.04 Å². The van der Waals surface area contributed by atoms with E-state index in [1.165, 1.54) is 0 Å². The second-order valence-electron chi connectivity index (χ2n) is 8.09. The Morgan fingerprint density at radius 1 is 1.23 bits per heavy atom. The maximum Gasteiger partial charge on any atom is 0.420 e. The zero-order valence-electron chi connectivity index (χ0n) is 16.7. The van der Waals surface area contributed by atoms with E-state index in [1.54, 1.807) is 28.8 Å². The lowest BCUT2D eigenvalue weighted by Gasteiger charge is -2.18. The van der Waals surface area contributed by atoms with Gasteiger partial charge < -0.3 is 9.30 Å². The Morgan fingerprint density at radius 3 is 2.60 bits per heavy atom. The highest BCUT2D eigenvalue weighted by atomic mass is 35.5. The zero-order valence-corrected chi connectivity index (χ0v) is 18.5. The van der Waals surface area contributed by atoms with Gasteiger partial charge in [0.25, 0.3) is 0 Å². The van der Waals surface area contributed by atoms with Gasteiger partial charge in [-0.05, 0) is 35.8 Å². The van der Waals surface area contributed by atoms with Crippen LogP contribution in [0.2, 0.25) is 31.0 Å². The topological polar surface area (TPSA) is 63.7 Å². The first-order chi connectivity index (χ1) is 14.0. The predicted octanol–water partition coefficient (Wildman–Crippen LogP) is 5.95. The highest BCUT2D eigenvalue weighted by Crippen LogP contribution is 2.38. The normalized spacial score (nSPS) is 12.3. The Hall–Kier alpha value is -2.41. The Balaban J connectivity index is 2.13. The first kappa shape index (κ1) is 22.3. The summed E-state index contributed by atoms with van der Waals surface area (Å²) in [5, 5.41) is 9.61. The third-order valence-corrected chi connectivity index (χ3v) is 6.44. The summed E-state index contributed by atoms with van der Waals surface area (Å²) in [5.74, 6) is 0. The number of hydrogen-bond acceptors (Lipinski definition) is 4. The Kier molecular flexibility index (Phi) is 6.22. The quantitative estimate of drug-likeness (QED) is 0.263. The molecule has 0 atom stereocenters. The molecule has 0 spiro atoms. The van der Waals surface area contributed by atoms with Crippen LogP contribution in [0.15, 0.2) is 30.5 Å². The molecule has 0 unspecified atom stereocenters. The summed E-state index contributed by atoms with van der Waals surface area (Å²) in [5.41, 5.74) is -0.138. The summed E-state index contributed by atoms with van der Waals surface area (Å²) in [6, 6.07) is 9.48. The van der Waals surface area contributed by atoms with Gasteiger partial charge in [-0.2, -0.15) is 18.4 Å². The monoisotopic (exact) mass is 452 g/mol. The first-order valence-corrected chi connectivity index (χ1v) is 13.3. The summed E-state index contributed by atoms with van der Waals surface area (Å²) in [7, 11) is -1.33. The fraction of sp³-hybridized carbons (Fsp3) is 0.350. The number of benzene rings is 1. The summed E-state index contributed by atoms with van der Waals surface area (Å²) in [6.07, 6.45) is -3.98. The summed E-state index contributed by atoms with van der Waals surface area (Å²) >= 11 is 5.82. The van der Waals surface area contributed by atoms with Crippen molar-refractivity contribution in [2.45, 2.75) is 38.6 Å². The van der Waals surface area contributed by atoms with Gasteiger partial charge in [-0.3, -0.25) is 0 Å². The van der Waals surface area contributed by atoms with Crippen molar-refractivity contribution in [1.29, 1.82) is 5.26 Å². The molecule has 30 heavy (non-hydrogen) atoms. The van der Waals surface area contributed by atoms with Crippen molar-refractivity contribution in [2.24, 2.45) is 0 Å². The van der Waals surface area contributed by atoms with Crippen molar-refractivity contribution in [2.75, 3.05) is 6.61 Å². The molecule has 3 aromatic rings. The van der Waals surface area contributed by atoms with Crippen LogP contribution < -0.4 is 0 Å². The largest absolute Gasteiger partial charge is 0.420 e. The molecular formula is C20H20ClF3N4OSi. The van der Waals surface area contributed by atoms with Crippen LogP contribution in [0.25, 0.3) is 22.3 Å². The van der Waals surface area contributed by atoms with E-state index in [4.69, 9.17) is 16.3 Å². The van der Waals surface area contributed by atoms with Crippen molar-refractivity contribution in [3.8, 4) is 17.5 Å². The summed E-state index contributed by atoms with van der Waals surface area (Å²) in [6.45, 7) is 7.15. The lowest BCUT2D eigenvalue weighted by Crippen LogP contribution is -2.22. The molecule has 10 heteroatoms. The Morgan fingerprint density at radius 2 is 1.97 bits per heavy atom. The molecule has 158 valence electrons. The maximum atomic E-state index is 13.6. The molecule has 0 N–H and O–H groups in total. The second-order valence-corrected chi connectivity index (χ2v) is 14.0. The summed E-state index contributed by atoms with van der Waals surface area (Å²) < 4.78 is 48.2. The van der Waals surface area contributed by atoms with Gasteiger partial charge in [-0.25, -0.2) is 9.97 Å². The van der Waals surface area contributed by atoms with Crippen LogP contribution >= 0.6 is 11.6 Å². The highest BCUT2D eigenvalue weighted by molar-refractivity contribution is 6.76. The van der Waals surface area contributed by atoms with Gasteiger partial charge in [0.15, 0.2) is 0 Å². The van der Waals surface area contributed by atoms with Crippen LogP contribution in [-0.4, -0.2) is 29.2 Å². The lowest BCUT2D eigenvalue weighted by atomic mass is 10.1. The SMILES string of the molecule is C[Si](C)(C)CCOCn1c(-c2nc(Cl)ncc2C(F)(F)F)cc2ccc(C#N)cc21. The number of alkyl halides is 3. The molecule has 0 aliphatic heterocycles. The molecule has 3 rings (SSSR count). The van der Waals surface area contributed by atoms with E-state index in [9.17, 15) is 18.4 Å². The fourth-order valence-electron chi connectivity index (χ4n) is 2.96. The van der Waals surface area contributed by atoms with Crippen molar-refractivity contribution < 1.29 is 17.9 Å². The molecule has 2 aromatic heterocycles. The molecule has 0 radical (unpaired) electrons. The molecule has 0 aliphatic rings. The van der Waals surface area contributed by atoms with Crippen molar-refractivity contribution >= 4 is 30.6 Å². The number of halogens is 4. The number of nitriles is 1. The Bertz CT molecular complexity index is 1120. The Labute approximate surface area is 178 Å². The second kappa shape index (κ2) is 8.38. The number of rotatable bonds is 6. The molecule has 1 aromatic carbocycles. The standard InChI is InChI=1S/C20H20ClF3N4OSi/c1-30(2,3)7-6-29-12-28-16-8-13(10-25)4-5-14(16)9-17(28)18-15(20(22,23)24)11-26-19(21)27-18/h4-5,8-9,11H,6-7,12H2,1-3H3. The maximum absolute atomic E-state index is 13.6. The van der Waals surface area contributed by atoms with Gasteiger partial charge in [-0.1, -0.05) is 25.7 Å². The van der Waals surface area contributed by atoms with Crippen LogP contribution in [0.1, 0.15) is 11.1 Å². The van der Waals surface area contributed by atoms with E-state index in [2.05, 4.69) is 35.7 Å². The van der Waals surface area contributed by atoms with E-state index in [1.807, 2.05) is 0 Å². The number of hydrogen-bond donors (Lipinski definition) is 0. The van der Waals surface area contributed by atoms with Crippen molar-refractivity contribution in [1.82, 2.24) is 14.5 Å². The minimum Gasteiger partial charge on any atom is -0.361 e. The average molecular weight is 453 g/mol. The van der Waals surface area contributed by atoms with Crippen molar-refractivity contribution in [3.05, 3.63) is 46.9 Å². The molecule has 5 nitrogen and oxygen atoms in total. The van der Waals surface area contributed by atoms with Crippen LogP contribution in [-0.2, 0) is 17.6 Å². The molecule has 0 saturated heterocycles. The lowest BCUT2D eigenvalue weighted by molar-refractivity contribution is -0.137. The number of aromatic nitrogens is 3. The minimum absolute atomic E-state index is 0.0249. The summed E-state index contributed by atoms with van der Waals surface area (Å²) in [4.78, 5) is 7.38. The van der Waals surface area contributed by atoms with Crippen LogP contribution in [0.4, 0.5) is 13.2 Å². The van der Waals surface area contributed by atoms with Crippen LogP contribution in [0.5, 0.6) is 0 Å². The van der Waals surface area contributed by atoms with Crippen LogP contribution in [0, 0.1) is 11.3 Å². The third kappa shape index (κ3) is 5.01. The van der Waals surface area contributed by atoms with Gasteiger partial charge in [0.2, 0.25) is 5.28 Å². The van der Waals surface area contributed by atoms with Crippen molar-refractivity contribution in [3.63, 3.8) is 0 Å². The van der Waals surface area contributed by atoms with Crippen LogP contribution in [0.3, 0.4) is 0 Å². The van der Waals surface area contributed by atoms with Gasteiger partial charge in [0.05, 0.1) is 22.8 Å². The van der Waals surface area contributed by atoms with Gasteiger partial charge in [-0.15, -0.1) is 0 Å². The van der Waals surface area contributed by atoms with E-state index in [-0.39, 0.29) is 23.4 Å². The predicted molar refractivity (Wildman–Crippen MR) is 112 cm³/mol. The fourth-order valence-corrected chi connectivity index (χ4v) is 3.85. The molecule has 0 fully saturated rings.